The van der Waals surface area contributed by atoms with Gasteiger partial charge in [-0.1, -0.05) is 6.92 Å². The lowest BCUT2D eigenvalue weighted by Crippen LogP contribution is -2.52. The Balaban J connectivity index is 4.67. The molecule has 0 spiro atoms. The Bertz CT molecular complexity index is 383. The van der Waals surface area contributed by atoms with Crippen molar-refractivity contribution in [2.75, 3.05) is 7.11 Å². The molecule has 8 nitrogen and oxygen atoms in total. The summed E-state index contributed by atoms with van der Waals surface area (Å²) < 4.78 is 4.46. The number of primary amides is 1. The lowest BCUT2D eigenvalue weighted by Gasteiger charge is -2.19. The second-order valence-corrected chi connectivity index (χ2v) is 4.29. The minimum Gasteiger partial charge on any atom is -0.467 e. The van der Waals surface area contributed by atoms with Crippen molar-refractivity contribution in [3.8, 4) is 0 Å². The normalized spacial score (nSPS) is 12.9. The van der Waals surface area contributed by atoms with Crippen LogP contribution in [0.5, 0.6) is 0 Å². The van der Waals surface area contributed by atoms with E-state index >= 15 is 0 Å². The first-order valence-corrected chi connectivity index (χ1v) is 6.27. The van der Waals surface area contributed by atoms with E-state index in [1.807, 2.05) is 6.92 Å². The third-order valence-electron chi connectivity index (χ3n) is 2.45. The van der Waals surface area contributed by atoms with Gasteiger partial charge in [0, 0.05) is 6.42 Å². The Kier molecular flexibility index (Phi) is 7.95. The molecule has 0 fully saturated rings. The molecule has 0 aliphatic rings. The molecule has 114 valence electrons. The SMILES string of the molecule is CCCC(=O)NC(CC(N)=O)C(=O)NC(C)C(=O)OC. The van der Waals surface area contributed by atoms with Crippen LogP contribution in [0.4, 0.5) is 0 Å². The topological polar surface area (TPSA) is 128 Å². The van der Waals surface area contributed by atoms with Gasteiger partial charge >= 0.3 is 5.97 Å². The number of nitrogens with two attached hydrogens (primary N) is 1. The molecule has 8 heteroatoms. The number of rotatable bonds is 8. The van der Waals surface area contributed by atoms with Crippen molar-refractivity contribution in [1.82, 2.24) is 10.6 Å². The Morgan fingerprint density at radius 1 is 1.20 bits per heavy atom. The molecule has 0 rings (SSSR count). The summed E-state index contributed by atoms with van der Waals surface area (Å²) >= 11 is 0. The van der Waals surface area contributed by atoms with Crippen molar-refractivity contribution in [1.29, 1.82) is 0 Å². The Labute approximate surface area is 117 Å². The summed E-state index contributed by atoms with van der Waals surface area (Å²) in [6.45, 7) is 3.24. The predicted molar refractivity (Wildman–Crippen MR) is 70.3 cm³/mol. The molecular formula is C12H21N3O5. The molecule has 0 aromatic heterocycles. The van der Waals surface area contributed by atoms with Crippen LogP contribution in [0.2, 0.25) is 0 Å². The fourth-order valence-electron chi connectivity index (χ4n) is 1.45. The van der Waals surface area contributed by atoms with Crippen molar-refractivity contribution < 1.29 is 23.9 Å². The van der Waals surface area contributed by atoms with Gasteiger partial charge < -0.3 is 21.1 Å². The standard InChI is InChI=1S/C12H21N3O5/c1-4-5-10(17)15-8(6-9(13)16)11(18)14-7(2)12(19)20-3/h7-8H,4-6H2,1-3H3,(H2,13,16)(H,14,18)(H,15,17). The highest BCUT2D eigenvalue weighted by Gasteiger charge is 2.25. The maximum absolute atomic E-state index is 11.9. The number of methoxy groups -OCH3 is 1. The van der Waals surface area contributed by atoms with E-state index in [1.165, 1.54) is 14.0 Å². The van der Waals surface area contributed by atoms with Crippen LogP contribution in [0.1, 0.15) is 33.1 Å². The van der Waals surface area contributed by atoms with Crippen molar-refractivity contribution in [2.45, 2.75) is 45.2 Å². The first-order valence-electron chi connectivity index (χ1n) is 6.27. The van der Waals surface area contributed by atoms with Crippen LogP contribution in [-0.2, 0) is 23.9 Å². The van der Waals surface area contributed by atoms with Crippen molar-refractivity contribution >= 4 is 23.7 Å². The zero-order valence-corrected chi connectivity index (χ0v) is 11.9. The molecule has 2 atom stereocenters. The van der Waals surface area contributed by atoms with E-state index in [0.717, 1.165) is 0 Å². The summed E-state index contributed by atoms with van der Waals surface area (Å²) in [5.41, 5.74) is 5.04. The molecule has 0 bridgehead atoms. The van der Waals surface area contributed by atoms with Crippen LogP contribution >= 0.6 is 0 Å². The molecule has 3 amide bonds. The number of esters is 1. The highest BCUT2D eigenvalue weighted by atomic mass is 16.5. The monoisotopic (exact) mass is 287 g/mol. The fourth-order valence-corrected chi connectivity index (χ4v) is 1.45. The summed E-state index contributed by atoms with van der Waals surface area (Å²) in [5, 5.41) is 4.75. The minimum atomic E-state index is -1.10. The highest BCUT2D eigenvalue weighted by molar-refractivity contribution is 5.93. The Hall–Kier alpha value is -2.12. The van der Waals surface area contributed by atoms with Gasteiger partial charge in [0.05, 0.1) is 13.5 Å². The fraction of sp³-hybridized carbons (Fsp3) is 0.667. The first kappa shape index (κ1) is 17.9. The van der Waals surface area contributed by atoms with Gasteiger partial charge in [-0.25, -0.2) is 4.79 Å². The van der Waals surface area contributed by atoms with Gasteiger partial charge in [-0.15, -0.1) is 0 Å². The van der Waals surface area contributed by atoms with Crippen molar-refractivity contribution in [3.63, 3.8) is 0 Å². The number of ether oxygens (including phenoxy) is 1. The molecule has 20 heavy (non-hydrogen) atoms. The van der Waals surface area contributed by atoms with Crippen LogP contribution in [0, 0.1) is 0 Å². The Morgan fingerprint density at radius 3 is 2.25 bits per heavy atom. The summed E-state index contributed by atoms with van der Waals surface area (Å²) in [7, 11) is 1.19. The molecule has 0 aromatic rings. The van der Waals surface area contributed by atoms with Crippen LogP contribution < -0.4 is 16.4 Å². The zero-order chi connectivity index (χ0) is 15.7. The van der Waals surface area contributed by atoms with Gasteiger partial charge in [-0.05, 0) is 13.3 Å². The first-order chi connectivity index (χ1) is 9.31. The minimum absolute atomic E-state index is 0.231. The van der Waals surface area contributed by atoms with Crippen molar-refractivity contribution in [3.05, 3.63) is 0 Å². The maximum atomic E-state index is 11.9. The summed E-state index contributed by atoms with van der Waals surface area (Å²) in [4.78, 5) is 45.5. The van der Waals surface area contributed by atoms with Crippen molar-refractivity contribution in [2.24, 2.45) is 5.73 Å². The van der Waals surface area contributed by atoms with Crippen LogP contribution in [-0.4, -0.2) is 42.9 Å². The molecule has 0 saturated carbocycles. The van der Waals surface area contributed by atoms with Gasteiger partial charge in [0.15, 0.2) is 0 Å². The van der Waals surface area contributed by atoms with E-state index in [1.54, 1.807) is 0 Å². The number of carbonyl (C=O) groups is 4. The molecule has 0 radical (unpaired) electrons. The van der Waals surface area contributed by atoms with E-state index in [0.29, 0.717) is 6.42 Å². The number of hydrogen-bond acceptors (Lipinski definition) is 5. The van der Waals surface area contributed by atoms with E-state index < -0.39 is 29.9 Å². The van der Waals surface area contributed by atoms with Gasteiger partial charge in [0.1, 0.15) is 12.1 Å². The van der Waals surface area contributed by atoms with Crippen LogP contribution in [0.25, 0.3) is 0 Å². The second-order valence-electron chi connectivity index (χ2n) is 4.29. The maximum Gasteiger partial charge on any atom is 0.328 e. The molecule has 2 unspecified atom stereocenters. The molecule has 0 heterocycles. The summed E-state index contributed by atoms with van der Waals surface area (Å²) in [5.74, 6) is -2.38. The van der Waals surface area contributed by atoms with E-state index in [4.69, 9.17) is 5.73 Å². The van der Waals surface area contributed by atoms with Crippen LogP contribution in [0.15, 0.2) is 0 Å². The summed E-state index contributed by atoms with van der Waals surface area (Å²) in [6.07, 6.45) is 0.500. The smallest absolute Gasteiger partial charge is 0.328 e. The predicted octanol–water partition coefficient (Wildman–Crippen LogP) is -1.18. The summed E-state index contributed by atoms with van der Waals surface area (Å²) in [6, 6.07) is -1.98. The van der Waals surface area contributed by atoms with Crippen LogP contribution in [0.3, 0.4) is 0 Å². The Morgan fingerprint density at radius 2 is 1.80 bits per heavy atom. The molecule has 0 aromatic carbocycles. The number of carbonyl (C=O) groups excluding carboxylic acids is 4. The average Bonchev–Trinajstić information content (AvgIpc) is 2.36. The third kappa shape index (κ3) is 6.72. The lowest BCUT2D eigenvalue weighted by atomic mass is 10.1. The van der Waals surface area contributed by atoms with Gasteiger partial charge in [-0.3, -0.25) is 14.4 Å². The number of amides is 3. The van der Waals surface area contributed by atoms with E-state index in [-0.39, 0.29) is 18.7 Å². The highest BCUT2D eigenvalue weighted by Crippen LogP contribution is 1.97. The molecule has 0 aliphatic heterocycles. The zero-order valence-electron chi connectivity index (χ0n) is 11.9. The third-order valence-corrected chi connectivity index (χ3v) is 2.45. The van der Waals surface area contributed by atoms with Gasteiger partial charge in [-0.2, -0.15) is 0 Å². The lowest BCUT2D eigenvalue weighted by molar-refractivity contribution is -0.144. The van der Waals surface area contributed by atoms with Gasteiger partial charge in [0.2, 0.25) is 17.7 Å². The molecule has 4 N–H and O–H groups in total. The molecule has 0 aliphatic carbocycles. The van der Waals surface area contributed by atoms with E-state index in [9.17, 15) is 19.2 Å². The number of hydrogen-bond donors (Lipinski definition) is 3. The van der Waals surface area contributed by atoms with E-state index in [2.05, 4.69) is 15.4 Å². The molecular weight excluding hydrogens is 266 g/mol. The number of nitrogens with one attached hydrogen (secondary N) is 2. The average molecular weight is 287 g/mol. The second kappa shape index (κ2) is 8.89. The molecule has 0 saturated heterocycles. The quantitative estimate of drug-likeness (QED) is 0.484. The largest absolute Gasteiger partial charge is 0.467 e. The van der Waals surface area contributed by atoms with Gasteiger partial charge in [0.25, 0.3) is 0 Å².